The van der Waals surface area contributed by atoms with Crippen LogP contribution in [0, 0.1) is 0 Å². The number of aromatic nitrogens is 2. The van der Waals surface area contributed by atoms with E-state index in [0.717, 1.165) is 31.2 Å². The first-order valence-electron chi connectivity index (χ1n) is 7.93. The molecular weight excluding hydrogens is 260 g/mol. The Kier molecular flexibility index (Phi) is 4.18. The number of hydrogen-bond acceptors (Lipinski definition) is 2. The average Bonchev–Trinajstić information content (AvgIpc) is 2.92. The summed E-state index contributed by atoms with van der Waals surface area (Å²) in [7, 11) is 0. The van der Waals surface area contributed by atoms with Crippen molar-refractivity contribution < 1.29 is 4.79 Å². The Morgan fingerprint density at radius 2 is 1.95 bits per heavy atom. The van der Waals surface area contributed by atoms with Crippen molar-refractivity contribution in [2.45, 2.75) is 52.0 Å². The van der Waals surface area contributed by atoms with Gasteiger partial charge in [0.15, 0.2) is 5.78 Å². The minimum absolute atomic E-state index is 0.170. The van der Waals surface area contributed by atoms with E-state index < -0.39 is 0 Å². The summed E-state index contributed by atoms with van der Waals surface area (Å²) in [5.41, 5.74) is 4.55. The zero-order valence-corrected chi connectivity index (χ0v) is 12.6. The number of nitrogens with zero attached hydrogens (tertiary/aromatic N) is 2. The fourth-order valence-electron chi connectivity index (χ4n) is 3.06. The van der Waals surface area contributed by atoms with Crippen molar-refractivity contribution in [3.8, 4) is 0 Å². The number of carbonyl (C=O) groups excluding carboxylic acids is 1. The second-order valence-electron chi connectivity index (χ2n) is 5.84. The molecule has 0 unspecified atom stereocenters. The van der Waals surface area contributed by atoms with Crippen molar-refractivity contribution in [2.24, 2.45) is 0 Å². The number of benzene rings is 1. The van der Waals surface area contributed by atoms with E-state index in [9.17, 15) is 4.79 Å². The van der Waals surface area contributed by atoms with Gasteiger partial charge in [-0.05, 0) is 37.7 Å². The molecule has 110 valence electrons. The molecule has 0 aliphatic heterocycles. The molecule has 0 saturated heterocycles. The second-order valence-corrected chi connectivity index (χ2v) is 5.84. The zero-order chi connectivity index (χ0) is 14.7. The van der Waals surface area contributed by atoms with Crippen molar-refractivity contribution in [1.82, 2.24) is 9.55 Å². The summed E-state index contributed by atoms with van der Waals surface area (Å²) in [6.07, 6.45) is 8.58. The summed E-state index contributed by atoms with van der Waals surface area (Å²) in [5.74, 6) is 0.170. The van der Waals surface area contributed by atoms with E-state index in [-0.39, 0.29) is 5.78 Å². The summed E-state index contributed by atoms with van der Waals surface area (Å²) >= 11 is 0. The monoisotopic (exact) mass is 282 g/mol. The van der Waals surface area contributed by atoms with E-state index in [0.29, 0.717) is 6.54 Å². The van der Waals surface area contributed by atoms with E-state index in [2.05, 4.69) is 24.0 Å². The number of imidazole rings is 1. The predicted octanol–water partition coefficient (Wildman–Crippen LogP) is 3.60. The molecule has 21 heavy (non-hydrogen) atoms. The maximum Gasteiger partial charge on any atom is 0.182 e. The fraction of sp³-hybridized carbons (Fsp3) is 0.444. The van der Waals surface area contributed by atoms with Crippen LogP contribution in [-0.4, -0.2) is 15.3 Å². The maximum absolute atomic E-state index is 12.4. The highest BCUT2D eigenvalue weighted by molar-refractivity contribution is 5.95. The largest absolute Gasteiger partial charge is 0.327 e. The van der Waals surface area contributed by atoms with Gasteiger partial charge in [0, 0.05) is 11.3 Å². The smallest absolute Gasteiger partial charge is 0.182 e. The van der Waals surface area contributed by atoms with Crippen LogP contribution in [0.2, 0.25) is 0 Å². The topological polar surface area (TPSA) is 34.9 Å². The predicted molar refractivity (Wildman–Crippen MR) is 83.6 cm³/mol. The van der Waals surface area contributed by atoms with Crippen molar-refractivity contribution in [1.29, 1.82) is 0 Å². The summed E-state index contributed by atoms with van der Waals surface area (Å²) in [6, 6.07) is 8.05. The number of carbonyl (C=O) groups is 1. The molecular formula is C18H22N2O. The Labute approximate surface area is 126 Å². The van der Waals surface area contributed by atoms with Crippen molar-refractivity contribution in [3.05, 3.63) is 53.1 Å². The van der Waals surface area contributed by atoms with Crippen LogP contribution in [0.25, 0.3) is 0 Å². The lowest BCUT2D eigenvalue weighted by atomic mass is 10.0. The Balaban J connectivity index is 1.72. The molecule has 1 aromatic carbocycles. The summed E-state index contributed by atoms with van der Waals surface area (Å²) in [5, 5.41) is 0. The molecule has 1 aliphatic carbocycles. The van der Waals surface area contributed by atoms with Gasteiger partial charge in [0.1, 0.15) is 0 Å². The van der Waals surface area contributed by atoms with Crippen LogP contribution in [0.4, 0.5) is 0 Å². The van der Waals surface area contributed by atoms with Gasteiger partial charge < -0.3 is 4.57 Å². The van der Waals surface area contributed by atoms with E-state index in [1.54, 1.807) is 0 Å². The third-order valence-corrected chi connectivity index (χ3v) is 4.24. The molecule has 3 heteroatoms. The lowest BCUT2D eigenvalue weighted by Crippen LogP contribution is -2.14. The second kappa shape index (κ2) is 6.25. The van der Waals surface area contributed by atoms with Crippen molar-refractivity contribution in [3.63, 3.8) is 0 Å². The fourth-order valence-corrected chi connectivity index (χ4v) is 3.06. The molecule has 0 spiro atoms. The van der Waals surface area contributed by atoms with E-state index in [4.69, 9.17) is 0 Å². The van der Waals surface area contributed by atoms with Gasteiger partial charge in [-0.3, -0.25) is 4.79 Å². The highest BCUT2D eigenvalue weighted by atomic mass is 16.1. The lowest BCUT2D eigenvalue weighted by molar-refractivity contribution is 0.0971. The third kappa shape index (κ3) is 3.07. The summed E-state index contributed by atoms with van der Waals surface area (Å²) in [4.78, 5) is 16.9. The minimum atomic E-state index is 0.170. The van der Waals surface area contributed by atoms with Gasteiger partial charge in [-0.1, -0.05) is 37.6 Å². The number of rotatable bonds is 5. The Hall–Kier alpha value is -1.90. The first kappa shape index (κ1) is 14.1. The van der Waals surface area contributed by atoms with Gasteiger partial charge in [0.25, 0.3) is 0 Å². The van der Waals surface area contributed by atoms with Crippen LogP contribution >= 0.6 is 0 Å². The zero-order valence-electron chi connectivity index (χ0n) is 12.6. The summed E-state index contributed by atoms with van der Waals surface area (Å²) < 4.78 is 2.04. The van der Waals surface area contributed by atoms with Gasteiger partial charge in [-0.15, -0.1) is 0 Å². The number of aryl methyl sites for hydroxylation is 2. The van der Waals surface area contributed by atoms with Crippen LogP contribution in [0.5, 0.6) is 0 Å². The van der Waals surface area contributed by atoms with Gasteiger partial charge >= 0.3 is 0 Å². The SMILES string of the molecule is CCCc1ccc(C(=O)Cn2cnc3c2CCCC3)cc1. The molecule has 0 amide bonds. The van der Waals surface area contributed by atoms with E-state index >= 15 is 0 Å². The van der Waals surface area contributed by atoms with Gasteiger partial charge in [0.2, 0.25) is 0 Å². The number of ketones is 1. The third-order valence-electron chi connectivity index (χ3n) is 4.24. The Morgan fingerprint density at radius 3 is 2.71 bits per heavy atom. The minimum Gasteiger partial charge on any atom is -0.327 e. The van der Waals surface area contributed by atoms with Crippen LogP contribution < -0.4 is 0 Å². The molecule has 3 rings (SSSR count). The van der Waals surface area contributed by atoms with Crippen LogP contribution in [0.1, 0.15) is 53.5 Å². The molecule has 0 bridgehead atoms. The van der Waals surface area contributed by atoms with Crippen LogP contribution in [-0.2, 0) is 25.8 Å². The molecule has 0 atom stereocenters. The molecule has 1 aromatic heterocycles. The standard InChI is InChI=1S/C18H22N2O/c1-2-5-14-8-10-15(11-9-14)18(21)12-20-13-19-16-6-3-4-7-17(16)20/h8-11,13H,2-7,12H2,1H3. The molecule has 0 radical (unpaired) electrons. The average molecular weight is 282 g/mol. The quantitative estimate of drug-likeness (QED) is 0.785. The molecule has 0 N–H and O–H groups in total. The van der Waals surface area contributed by atoms with Crippen molar-refractivity contribution >= 4 is 5.78 Å². The van der Waals surface area contributed by atoms with Gasteiger partial charge in [-0.25, -0.2) is 4.98 Å². The lowest BCUT2D eigenvalue weighted by Gasteiger charge is -2.13. The Morgan fingerprint density at radius 1 is 1.19 bits per heavy atom. The molecule has 1 heterocycles. The number of fused-ring (bicyclic) bond motifs is 1. The van der Waals surface area contributed by atoms with Gasteiger partial charge in [-0.2, -0.15) is 0 Å². The first-order chi connectivity index (χ1) is 10.3. The summed E-state index contributed by atoms with van der Waals surface area (Å²) in [6.45, 7) is 2.58. The molecule has 0 fully saturated rings. The maximum atomic E-state index is 12.4. The van der Waals surface area contributed by atoms with Crippen LogP contribution in [0.3, 0.4) is 0 Å². The molecule has 3 nitrogen and oxygen atoms in total. The highest BCUT2D eigenvalue weighted by Crippen LogP contribution is 2.20. The Bertz CT molecular complexity index is 625. The molecule has 1 aliphatic rings. The normalized spacial score (nSPS) is 14.0. The highest BCUT2D eigenvalue weighted by Gasteiger charge is 2.17. The van der Waals surface area contributed by atoms with Crippen molar-refractivity contribution in [2.75, 3.05) is 0 Å². The first-order valence-corrected chi connectivity index (χ1v) is 7.93. The number of hydrogen-bond donors (Lipinski definition) is 0. The van der Waals surface area contributed by atoms with E-state index in [1.807, 2.05) is 23.0 Å². The van der Waals surface area contributed by atoms with Gasteiger partial charge in [0.05, 0.1) is 18.6 Å². The molecule has 2 aromatic rings. The van der Waals surface area contributed by atoms with E-state index in [1.165, 1.54) is 29.8 Å². The van der Waals surface area contributed by atoms with Crippen LogP contribution in [0.15, 0.2) is 30.6 Å². The number of Topliss-reactive ketones (excluding diaryl/α,β-unsaturated/α-hetero) is 1. The molecule has 0 saturated carbocycles.